The number of carbonyl (C=O) groups is 2. The summed E-state index contributed by atoms with van der Waals surface area (Å²) in [5.41, 5.74) is 1.42. The molecular formula is C23H22N2O6. The van der Waals surface area contributed by atoms with Gasteiger partial charge in [-0.25, -0.2) is 4.79 Å². The average molecular weight is 422 g/mol. The third kappa shape index (κ3) is 6.24. The molecule has 0 saturated heterocycles. The Morgan fingerprint density at radius 1 is 1.13 bits per heavy atom. The Bertz CT molecular complexity index is 1010. The summed E-state index contributed by atoms with van der Waals surface area (Å²) in [5, 5.41) is 11.9. The number of carbonyl (C=O) groups excluding carboxylic acids is 2. The Balaban J connectivity index is 1.44. The van der Waals surface area contributed by atoms with Crippen LogP contribution >= 0.6 is 0 Å². The Kier molecular flexibility index (Phi) is 7.49. The molecule has 0 fully saturated rings. The van der Waals surface area contributed by atoms with Gasteiger partial charge in [0, 0.05) is 6.54 Å². The second-order valence-corrected chi connectivity index (χ2v) is 6.60. The van der Waals surface area contributed by atoms with Gasteiger partial charge < -0.3 is 24.3 Å². The molecule has 31 heavy (non-hydrogen) atoms. The summed E-state index contributed by atoms with van der Waals surface area (Å²) in [6, 6.07) is 14.2. The Labute approximate surface area is 180 Å². The number of hydrogen-bond acceptors (Lipinski definition) is 7. The molecule has 0 aliphatic carbocycles. The number of hydrogen-bond donors (Lipinski definition) is 1. The number of ether oxygens (including phenoxy) is 4. The minimum absolute atomic E-state index is 0.200. The molecule has 0 unspecified atom stereocenters. The van der Waals surface area contributed by atoms with Crippen LogP contribution in [-0.2, 0) is 20.7 Å². The smallest absolute Gasteiger partial charge is 0.349 e. The number of rotatable bonds is 8. The van der Waals surface area contributed by atoms with Gasteiger partial charge in [-0.2, -0.15) is 5.26 Å². The summed E-state index contributed by atoms with van der Waals surface area (Å²) in [6.07, 6.45) is 1.97. The molecule has 2 aromatic rings. The van der Waals surface area contributed by atoms with Crippen LogP contribution in [0.5, 0.6) is 17.2 Å². The van der Waals surface area contributed by atoms with Crippen molar-refractivity contribution in [1.82, 2.24) is 5.32 Å². The van der Waals surface area contributed by atoms with Crippen molar-refractivity contribution in [3.05, 3.63) is 59.2 Å². The van der Waals surface area contributed by atoms with Crippen LogP contribution in [0.15, 0.2) is 48.0 Å². The molecule has 1 amide bonds. The average Bonchev–Trinajstić information content (AvgIpc) is 2.81. The molecule has 0 saturated carbocycles. The van der Waals surface area contributed by atoms with E-state index in [4.69, 9.17) is 18.9 Å². The van der Waals surface area contributed by atoms with E-state index < -0.39 is 18.5 Å². The van der Waals surface area contributed by atoms with Crippen molar-refractivity contribution >= 4 is 18.0 Å². The molecule has 3 rings (SSSR count). The first kappa shape index (κ1) is 21.7. The van der Waals surface area contributed by atoms with Gasteiger partial charge in [-0.05, 0) is 47.9 Å². The minimum Gasteiger partial charge on any atom is -0.497 e. The van der Waals surface area contributed by atoms with E-state index in [0.717, 1.165) is 5.56 Å². The van der Waals surface area contributed by atoms with E-state index in [2.05, 4.69) is 5.32 Å². The Morgan fingerprint density at radius 3 is 2.58 bits per heavy atom. The van der Waals surface area contributed by atoms with Crippen molar-refractivity contribution in [3.8, 4) is 23.3 Å². The van der Waals surface area contributed by atoms with Crippen molar-refractivity contribution in [2.75, 3.05) is 33.5 Å². The lowest BCUT2D eigenvalue weighted by Gasteiger charge is -2.18. The lowest BCUT2D eigenvalue weighted by molar-refractivity contribution is -0.144. The largest absolute Gasteiger partial charge is 0.497 e. The van der Waals surface area contributed by atoms with Crippen LogP contribution in [0, 0.1) is 11.3 Å². The molecule has 1 N–H and O–H groups in total. The number of esters is 1. The highest BCUT2D eigenvalue weighted by molar-refractivity contribution is 5.98. The molecular weight excluding hydrogens is 400 g/mol. The molecule has 1 aliphatic rings. The van der Waals surface area contributed by atoms with Gasteiger partial charge in [0.05, 0.1) is 7.11 Å². The van der Waals surface area contributed by atoms with Crippen LogP contribution in [0.25, 0.3) is 6.08 Å². The monoisotopic (exact) mass is 422 g/mol. The molecule has 1 heterocycles. The lowest BCUT2D eigenvalue weighted by Crippen LogP contribution is -2.30. The van der Waals surface area contributed by atoms with E-state index >= 15 is 0 Å². The Morgan fingerprint density at radius 2 is 1.87 bits per heavy atom. The van der Waals surface area contributed by atoms with Crippen molar-refractivity contribution in [3.63, 3.8) is 0 Å². The molecule has 0 aromatic heterocycles. The first-order valence-corrected chi connectivity index (χ1v) is 9.67. The molecule has 8 heteroatoms. The van der Waals surface area contributed by atoms with Gasteiger partial charge in [-0.15, -0.1) is 0 Å². The second kappa shape index (κ2) is 10.7. The minimum atomic E-state index is -0.861. The summed E-state index contributed by atoms with van der Waals surface area (Å²) < 4.78 is 21.0. The van der Waals surface area contributed by atoms with E-state index in [1.54, 1.807) is 37.4 Å². The van der Waals surface area contributed by atoms with Crippen LogP contribution in [0.1, 0.15) is 11.1 Å². The number of nitrogens with zero attached hydrogens (tertiary/aromatic N) is 1. The zero-order valence-electron chi connectivity index (χ0n) is 17.1. The van der Waals surface area contributed by atoms with Crippen molar-refractivity contribution in [1.29, 1.82) is 5.26 Å². The summed E-state index contributed by atoms with van der Waals surface area (Å²) in [6.45, 7) is 0.935. The van der Waals surface area contributed by atoms with Gasteiger partial charge in [0.15, 0.2) is 18.1 Å². The van der Waals surface area contributed by atoms with Gasteiger partial charge in [0.2, 0.25) is 0 Å². The van der Waals surface area contributed by atoms with Gasteiger partial charge >= 0.3 is 5.97 Å². The molecule has 160 valence electrons. The van der Waals surface area contributed by atoms with Crippen LogP contribution in [0.2, 0.25) is 0 Å². The predicted molar refractivity (Wildman–Crippen MR) is 112 cm³/mol. The topological polar surface area (TPSA) is 107 Å². The van der Waals surface area contributed by atoms with Gasteiger partial charge in [-0.3, -0.25) is 4.79 Å². The fourth-order valence-corrected chi connectivity index (χ4v) is 2.85. The third-order valence-electron chi connectivity index (χ3n) is 4.44. The maximum Gasteiger partial charge on any atom is 0.349 e. The van der Waals surface area contributed by atoms with Crippen LogP contribution in [-0.4, -0.2) is 45.4 Å². The third-order valence-corrected chi connectivity index (χ3v) is 4.44. The molecule has 0 radical (unpaired) electrons. The van der Waals surface area contributed by atoms with E-state index in [1.165, 1.54) is 6.08 Å². The normalized spacial score (nSPS) is 12.5. The van der Waals surface area contributed by atoms with Crippen LogP contribution in [0.3, 0.4) is 0 Å². The maximum absolute atomic E-state index is 12.1. The van der Waals surface area contributed by atoms with E-state index in [1.807, 2.05) is 18.2 Å². The summed E-state index contributed by atoms with van der Waals surface area (Å²) in [4.78, 5) is 24.1. The number of methoxy groups -OCH3 is 1. The van der Waals surface area contributed by atoms with Gasteiger partial charge in [-0.1, -0.05) is 18.2 Å². The van der Waals surface area contributed by atoms with E-state index in [-0.39, 0.29) is 5.57 Å². The predicted octanol–water partition coefficient (Wildman–Crippen LogP) is 2.28. The van der Waals surface area contributed by atoms with Crippen molar-refractivity contribution in [2.24, 2.45) is 0 Å². The van der Waals surface area contributed by atoms with Gasteiger partial charge in [0.25, 0.3) is 5.91 Å². The fraction of sp³-hybridized carbons (Fsp3) is 0.261. The molecule has 8 nitrogen and oxygen atoms in total. The molecule has 2 aromatic carbocycles. The second-order valence-electron chi connectivity index (χ2n) is 6.60. The molecule has 0 spiro atoms. The van der Waals surface area contributed by atoms with Crippen LogP contribution < -0.4 is 19.5 Å². The molecule has 1 aliphatic heterocycles. The van der Waals surface area contributed by atoms with Crippen molar-refractivity contribution in [2.45, 2.75) is 6.42 Å². The first-order valence-electron chi connectivity index (χ1n) is 9.67. The number of nitrogens with one attached hydrogen (secondary N) is 1. The standard InChI is InChI=1S/C23H22N2O6/c1-28-19-5-2-16(3-6-19)12-18(14-24)23(27)31-15-22(26)25-9-8-17-4-7-20-21(13-17)30-11-10-29-20/h2-7,12-13H,8-11,15H2,1H3,(H,25,26)/b18-12+. The first-order chi connectivity index (χ1) is 15.1. The lowest BCUT2D eigenvalue weighted by atomic mass is 10.1. The number of fused-ring (bicyclic) bond motifs is 1. The van der Waals surface area contributed by atoms with Crippen LogP contribution in [0.4, 0.5) is 0 Å². The van der Waals surface area contributed by atoms with Gasteiger partial charge in [0.1, 0.15) is 30.6 Å². The fourth-order valence-electron chi connectivity index (χ4n) is 2.85. The SMILES string of the molecule is COc1ccc(/C=C(\C#N)C(=O)OCC(=O)NCCc2ccc3c(c2)OCCO3)cc1. The highest BCUT2D eigenvalue weighted by Crippen LogP contribution is 2.30. The molecule has 0 atom stereocenters. The zero-order chi connectivity index (χ0) is 22.1. The summed E-state index contributed by atoms with van der Waals surface area (Å²) >= 11 is 0. The zero-order valence-corrected chi connectivity index (χ0v) is 17.1. The van der Waals surface area contributed by atoms with Crippen molar-refractivity contribution < 1.29 is 28.5 Å². The summed E-state index contributed by atoms with van der Waals surface area (Å²) in [7, 11) is 1.55. The quantitative estimate of drug-likeness (QED) is 0.395. The highest BCUT2D eigenvalue weighted by Gasteiger charge is 2.14. The maximum atomic E-state index is 12.1. The van der Waals surface area contributed by atoms with E-state index in [9.17, 15) is 14.9 Å². The number of nitriles is 1. The number of benzene rings is 2. The molecule has 0 bridgehead atoms. The Hall–Kier alpha value is -3.99. The number of amides is 1. The highest BCUT2D eigenvalue weighted by atomic mass is 16.6. The summed E-state index contributed by atoms with van der Waals surface area (Å²) in [5.74, 6) is 0.748. The van der Waals surface area contributed by atoms with E-state index in [0.29, 0.717) is 49.0 Å².